The molecule has 0 radical (unpaired) electrons. The number of fused-ring (bicyclic) bond motifs is 1. The van der Waals surface area contributed by atoms with Gasteiger partial charge >= 0.3 is 5.97 Å². The number of hydrogen-bond donors (Lipinski definition) is 1. The van der Waals surface area contributed by atoms with Gasteiger partial charge in [0.1, 0.15) is 17.3 Å². The predicted octanol–water partition coefficient (Wildman–Crippen LogP) is 3.97. The maximum absolute atomic E-state index is 14.7. The summed E-state index contributed by atoms with van der Waals surface area (Å²) in [7, 11) is 0. The maximum atomic E-state index is 14.7. The van der Waals surface area contributed by atoms with Crippen molar-refractivity contribution in [1.82, 2.24) is 14.6 Å². The van der Waals surface area contributed by atoms with E-state index in [0.29, 0.717) is 41.8 Å². The number of hydrogen-bond acceptors (Lipinski definition) is 6. The molecule has 3 unspecified atom stereocenters. The zero-order valence-corrected chi connectivity index (χ0v) is 19.0. The molecule has 2 aromatic heterocycles. The van der Waals surface area contributed by atoms with Crippen molar-refractivity contribution in [3.05, 3.63) is 20.5 Å². The number of alkyl halides is 1. The van der Waals surface area contributed by atoms with Gasteiger partial charge in [-0.1, -0.05) is 18.5 Å². The molecule has 154 valence electrons. The Morgan fingerprint density at radius 2 is 2.29 bits per heavy atom. The van der Waals surface area contributed by atoms with Gasteiger partial charge in [0.2, 0.25) is 5.95 Å². The molecule has 0 aromatic carbocycles. The molecule has 28 heavy (non-hydrogen) atoms. The molecule has 0 spiro atoms. The molecule has 2 aromatic rings. The third kappa shape index (κ3) is 4.35. The summed E-state index contributed by atoms with van der Waals surface area (Å²) in [4.78, 5) is 15.7. The van der Waals surface area contributed by atoms with E-state index in [1.807, 2.05) is 6.92 Å². The number of aromatic nitrogens is 3. The maximum Gasteiger partial charge on any atom is 0.303 e. The number of rotatable bonds is 5. The molecule has 0 aliphatic carbocycles. The van der Waals surface area contributed by atoms with Crippen LogP contribution < -0.4 is 5.32 Å². The van der Waals surface area contributed by atoms with E-state index < -0.39 is 17.7 Å². The molecule has 0 bridgehead atoms. The lowest BCUT2D eigenvalue weighted by Gasteiger charge is -2.31. The third-order valence-corrected chi connectivity index (χ3v) is 6.77. The highest BCUT2D eigenvalue weighted by atomic mass is 127. The molecule has 3 rings (SSSR count). The van der Waals surface area contributed by atoms with Gasteiger partial charge in [-0.15, -0.1) is 5.10 Å². The zero-order chi connectivity index (χ0) is 20.6. The van der Waals surface area contributed by atoms with E-state index in [-0.39, 0.29) is 12.0 Å². The van der Waals surface area contributed by atoms with Crippen molar-refractivity contribution in [1.29, 1.82) is 0 Å². The molecule has 10 heteroatoms. The van der Waals surface area contributed by atoms with Crippen molar-refractivity contribution < 1.29 is 18.7 Å². The quantitative estimate of drug-likeness (QED) is 0.471. The van der Waals surface area contributed by atoms with E-state index in [2.05, 4.69) is 38.0 Å². The fourth-order valence-corrected chi connectivity index (χ4v) is 4.34. The number of halogens is 3. The molecule has 1 N–H and O–H groups in total. The highest BCUT2D eigenvalue weighted by Crippen LogP contribution is 2.39. The van der Waals surface area contributed by atoms with E-state index in [9.17, 15) is 9.18 Å². The van der Waals surface area contributed by atoms with Crippen LogP contribution in [0.3, 0.4) is 0 Å². The van der Waals surface area contributed by atoms with Crippen molar-refractivity contribution in [3.63, 3.8) is 0 Å². The smallest absolute Gasteiger partial charge is 0.303 e. The molecule has 1 aliphatic rings. The topological polar surface area (TPSA) is 77.8 Å². The van der Waals surface area contributed by atoms with Crippen LogP contribution in [0.4, 0.5) is 10.3 Å². The van der Waals surface area contributed by atoms with Crippen LogP contribution in [0, 0.1) is 3.57 Å². The summed E-state index contributed by atoms with van der Waals surface area (Å²) in [6.45, 7) is 7.10. The second-order valence-electron chi connectivity index (χ2n) is 7.44. The Morgan fingerprint density at radius 1 is 1.57 bits per heavy atom. The largest absolute Gasteiger partial charge is 0.458 e. The normalized spacial score (nSPS) is 21.5. The lowest BCUT2D eigenvalue weighted by molar-refractivity contribution is -0.153. The molecule has 3 atom stereocenters. The van der Waals surface area contributed by atoms with E-state index in [1.54, 1.807) is 10.7 Å². The highest BCUT2D eigenvalue weighted by Gasteiger charge is 2.33. The Hall–Kier alpha value is -1.20. The van der Waals surface area contributed by atoms with Crippen LogP contribution in [0.1, 0.15) is 45.7 Å². The molecule has 7 nitrogen and oxygen atoms in total. The molecule has 1 fully saturated rings. The second-order valence-corrected chi connectivity index (χ2v) is 8.90. The zero-order valence-electron chi connectivity index (χ0n) is 16.1. The Morgan fingerprint density at radius 3 is 2.93 bits per heavy atom. The third-order valence-electron chi connectivity index (χ3n) is 4.98. The Bertz CT molecular complexity index is 886. The minimum atomic E-state index is -1.45. The van der Waals surface area contributed by atoms with Gasteiger partial charge in [-0.25, -0.2) is 13.9 Å². The summed E-state index contributed by atoms with van der Waals surface area (Å²) in [5, 5.41) is 8.28. The van der Waals surface area contributed by atoms with Crippen LogP contribution in [-0.2, 0) is 14.3 Å². The molecule has 0 saturated carbocycles. The fraction of sp³-hybridized carbons (Fsp3) is 0.611. The second kappa shape index (κ2) is 8.27. The summed E-state index contributed by atoms with van der Waals surface area (Å²) in [6, 6.07) is -0.182. The fourth-order valence-electron chi connectivity index (χ4n) is 3.14. The average Bonchev–Trinajstić information content (AvgIpc) is 2.85. The minimum Gasteiger partial charge on any atom is -0.458 e. The lowest BCUT2D eigenvalue weighted by atomic mass is 9.92. The van der Waals surface area contributed by atoms with Gasteiger partial charge in [0.15, 0.2) is 0 Å². The average molecular weight is 525 g/mol. The molecule has 3 heterocycles. The van der Waals surface area contributed by atoms with Crippen LogP contribution in [-0.4, -0.2) is 51.6 Å². The first-order chi connectivity index (χ1) is 13.1. The summed E-state index contributed by atoms with van der Waals surface area (Å²) in [5.74, 6) is -0.449. The minimum absolute atomic E-state index is 0.182. The van der Waals surface area contributed by atoms with Crippen molar-refractivity contribution >= 4 is 51.6 Å². The number of anilines is 1. The number of ether oxygens (including phenoxy) is 2. The van der Waals surface area contributed by atoms with Crippen LogP contribution in [0.15, 0.2) is 6.20 Å². The Kier molecular flexibility index (Phi) is 6.35. The number of nitrogens with one attached hydrogen (secondary N) is 1. The standard InChI is InChI=1S/C18H23ClFIN4O3/c1-9(18(3,4)20)16-15(21)14(19)12-7-22-17(24-25(12)16)23-11-5-6-27-8-13(11)28-10(2)26/h7,9,11,13H,5-6,8H2,1-4H3,(H,23,24). The Balaban J connectivity index is 1.96. The van der Waals surface area contributed by atoms with Gasteiger partial charge in [0, 0.05) is 19.4 Å². The van der Waals surface area contributed by atoms with E-state index in [1.165, 1.54) is 20.8 Å². The van der Waals surface area contributed by atoms with Crippen molar-refractivity contribution in [2.24, 2.45) is 0 Å². The summed E-state index contributed by atoms with van der Waals surface area (Å²) in [5.41, 5.74) is -0.134. The molecule has 0 amide bonds. The van der Waals surface area contributed by atoms with Gasteiger partial charge in [0.05, 0.1) is 33.1 Å². The van der Waals surface area contributed by atoms with Crippen molar-refractivity contribution in [3.8, 4) is 0 Å². The summed E-state index contributed by atoms with van der Waals surface area (Å²) >= 11 is 8.56. The molecular formula is C18H23ClFIN4O3. The number of nitrogens with zero attached hydrogens (tertiary/aromatic N) is 3. The number of carbonyl (C=O) groups excluding carboxylic acids is 1. The number of esters is 1. The molecular weight excluding hydrogens is 502 g/mol. The van der Waals surface area contributed by atoms with Gasteiger partial charge in [0.25, 0.3) is 0 Å². The molecule has 1 aliphatic heterocycles. The van der Waals surface area contributed by atoms with Crippen molar-refractivity contribution in [2.75, 3.05) is 18.5 Å². The van der Waals surface area contributed by atoms with E-state index in [4.69, 9.17) is 21.1 Å². The number of carbonyl (C=O) groups is 1. The predicted molar refractivity (Wildman–Crippen MR) is 113 cm³/mol. The monoisotopic (exact) mass is 524 g/mol. The molecule has 1 saturated heterocycles. The Labute approximate surface area is 181 Å². The van der Waals surface area contributed by atoms with Crippen molar-refractivity contribution in [2.45, 2.75) is 57.8 Å². The lowest BCUT2D eigenvalue weighted by Crippen LogP contribution is -2.44. The SMILES string of the molecule is CC(=O)OC1COCCC1Nc1ncc2c(Cl)c(I)c(C(C)C(C)(C)F)n2n1. The highest BCUT2D eigenvalue weighted by molar-refractivity contribution is 14.1. The summed E-state index contributed by atoms with van der Waals surface area (Å²) in [6.07, 6.45) is 1.83. The van der Waals surface area contributed by atoms with Gasteiger partial charge in [-0.2, -0.15) is 0 Å². The van der Waals surface area contributed by atoms with Crippen LogP contribution >= 0.6 is 34.2 Å². The van der Waals surface area contributed by atoms with Gasteiger partial charge in [-0.3, -0.25) is 4.79 Å². The van der Waals surface area contributed by atoms with Crippen LogP contribution in [0.25, 0.3) is 5.52 Å². The first kappa shape index (κ1) is 21.5. The van der Waals surface area contributed by atoms with Crippen LogP contribution in [0.5, 0.6) is 0 Å². The van der Waals surface area contributed by atoms with Gasteiger partial charge < -0.3 is 14.8 Å². The first-order valence-electron chi connectivity index (χ1n) is 9.02. The first-order valence-corrected chi connectivity index (χ1v) is 10.5. The van der Waals surface area contributed by atoms with E-state index >= 15 is 0 Å². The van der Waals surface area contributed by atoms with E-state index in [0.717, 1.165) is 3.57 Å². The summed E-state index contributed by atoms with van der Waals surface area (Å²) < 4.78 is 27.8. The van der Waals surface area contributed by atoms with Gasteiger partial charge in [-0.05, 0) is 42.9 Å². The van der Waals surface area contributed by atoms with Crippen LogP contribution in [0.2, 0.25) is 5.02 Å².